The fourth-order valence-corrected chi connectivity index (χ4v) is 3.32. The molecule has 0 bridgehead atoms. The van der Waals surface area contributed by atoms with E-state index in [9.17, 15) is 4.79 Å². The van der Waals surface area contributed by atoms with Crippen LogP contribution in [0.1, 0.15) is 72.8 Å². The van der Waals surface area contributed by atoms with Gasteiger partial charge in [-0.3, -0.25) is 9.20 Å². The van der Waals surface area contributed by atoms with Crippen LogP contribution in [0.15, 0.2) is 53.5 Å². The highest BCUT2D eigenvalue weighted by atomic mass is 16.5. The van der Waals surface area contributed by atoms with E-state index in [1.54, 1.807) is 24.7 Å². The molecular formula is C28H40N2O3. The molecule has 3 rings (SSSR count). The summed E-state index contributed by atoms with van der Waals surface area (Å²) in [5.41, 5.74) is 4.26. The van der Waals surface area contributed by atoms with Crippen LogP contribution in [0, 0.1) is 0 Å². The average Bonchev–Trinajstić information content (AvgIpc) is 2.85. The molecule has 0 unspecified atom stereocenters. The number of allylic oxidation sites excluding steroid dienone is 2. The standard InChI is InChI=1S/C23H26N2O3.C3H8.C2H6/c1-5-7-16(8-6-2)18-10-12-22-24-19(14-23(26)25(22)15-18)17-9-11-20(27-3)21(13-17)28-4;1-3-2;1-2/h7,9-15H,5-6,8H2,1-4H3;3H2,1-2H3;1-2H3/b16-7+;;. The van der Waals surface area contributed by atoms with Gasteiger partial charge in [0.15, 0.2) is 11.5 Å². The minimum atomic E-state index is -0.107. The van der Waals surface area contributed by atoms with Crippen LogP contribution in [-0.4, -0.2) is 23.6 Å². The Labute approximate surface area is 199 Å². The maximum absolute atomic E-state index is 12.8. The van der Waals surface area contributed by atoms with Gasteiger partial charge in [-0.05, 0) is 54.3 Å². The van der Waals surface area contributed by atoms with Crippen molar-refractivity contribution < 1.29 is 9.47 Å². The van der Waals surface area contributed by atoms with Crippen LogP contribution in [0.2, 0.25) is 0 Å². The highest BCUT2D eigenvalue weighted by molar-refractivity contribution is 5.68. The number of fused-ring (bicyclic) bond motifs is 1. The molecule has 0 atom stereocenters. The Hall–Kier alpha value is -3.08. The van der Waals surface area contributed by atoms with Gasteiger partial charge in [-0.15, -0.1) is 0 Å². The second kappa shape index (κ2) is 14.9. The van der Waals surface area contributed by atoms with E-state index in [1.807, 2.05) is 50.4 Å². The molecule has 5 nitrogen and oxygen atoms in total. The Morgan fingerprint density at radius 2 is 1.64 bits per heavy atom. The molecule has 0 fully saturated rings. The molecule has 0 spiro atoms. The molecule has 0 radical (unpaired) electrons. The zero-order valence-electron chi connectivity index (χ0n) is 21.6. The number of hydrogen-bond acceptors (Lipinski definition) is 4. The minimum Gasteiger partial charge on any atom is -0.493 e. The highest BCUT2D eigenvalue weighted by Crippen LogP contribution is 2.31. The topological polar surface area (TPSA) is 52.8 Å². The smallest absolute Gasteiger partial charge is 0.258 e. The molecule has 0 aliphatic carbocycles. The Kier molecular flexibility index (Phi) is 12.6. The molecule has 5 heteroatoms. The van der Waals surface area contributed by atoms with Gasteiger partial charge >= 0.3 is 0 Å². The molecule has 0 aliphatic heterocycles. The number of methoxy groups -OCH3 is 2. The van der Waals surface area contributed by atoms with E-state index in [1.165, 1.54) is 12.0 Å². The first-order chi connectivity index (χ1) is 16.0. The summed E-state index contributed by atoms with van der Waals surface area (Å²) in [5, 5.41) is 0. The summed E-state index contributed by atoms with van der Waals surface area (Å²) in [5.74, 6) is 1.24. The van der Waals surface area contributed by atoms with E-state index in [4.69, 9.17) is 9.47 Å². The zero-order chi connectivity index (χ0) is 24.8. The third-order valence-corrected chi connectivity index (χ3v) is 4.68. The van der Waals surface area contributed by atoms with Crippen LogP contribution in [-0.2, 0) is 0 Å². The van der Waals surface area contributed by atoms with E-state index >= 15 is 0 Å². The molecule has 1 aromatic carbocycles. The van der Waals surface area contributed by atoms with Crippen molar-refractivity contribution >= 4 is 11.2 Å². The predicted octanol–water partition coefficient (Wildman–Crippen LogP) is 7.41. The van der Waals surface area contributed by atoms with Crippen molar-refractivity contribution in [3.63, 3.8) is 0 Å². The molecule has 0 saturated heterocycles. The van der Waals surface area contributed by atoms with Gasteiger partial charge < -0.3 is 9.47 Å². The first-order valence-electron chi connectivity index (χ1n) is 12.0. The van der Waals surface area contributed by atoms with Crippen LogP contribution in [0.25, 0.3) is 22.5 Å². The number of nitrogens with zero attached hydrogens (tertiary/aromatic N) is 2. The lowest BCUT2D eigenvalue weighted by Gasteiger charge is -2.11. The van der Waals surface area contributed by atoms with Crippen molar-refractivity contribution in [1.82, 2.24) is 9.38 Å². The largest absolute Gasteiger partial charge is 0.493 e. The molecule has 2 aromatic heterocycles. The van der Waals surface area contributed by atoms with Crippen molar-refractivity contribution in [3.05, 3.63) is 64.6 Å². The molecule has 3 aromatic rings. The van der Waals surface area contributed by atoms with Crippen LogP contribution >= 0.6 is 0 Å². The average molecular weight is 453 g/mol. The fraction of sp³-hybridized carbons (Fsp3) is 0.429. The third kappa shape index (κ3) is 7.48. The van der Waals surface area contributed by atoms with E-state index in [0.717, 1.165) is 30.4 Å². The molecule has 0 saturated carbocycles. The molecule has 0 amide bonds. The Bertz CT molecular complexity index is 1080. The first-order valence-corrected chi connectivity index (χ1v) is 12.0. The quantitative estimate of drug-likeness (QED) is 0.374. The van der Waals surface area contributed by atoms with Crippen LogP contribution < -0.4 is 15.0 Å². The maximum Gasteiger partial charge on any atom is 0.258 e. The third-order valence-electron chi connectivity index (χ3n) is 4.68. The predicted molar refractivity (Wildman–Crippen MR) is 140 cm³/mol. The second-order valence-electron chi connectivity index (χ2n) is 7.29. The Balaban J connectivity index is 0.00000101. The lowest BCUT2D eigenvalue weighted by atomic mass is 10.0. The summed E-state index contributed by atoms with van der Waals surface area (Å²) in [4.78, 5) is 17.5. The zero-order valence-corrected chi connectivity index (χ0v) is 21.6. The molecule has 180 valence electrons. The summed E-state index contributed by atoms with van der Waals surface area (Å²) in [6.45, 7) is 12.5. The number of rotatable bonds is 7. The van der Waals surface area contributed by atoms with Gasteiger partial charge in [0, 0.05) is 17.8 Å². The fourth-order valence-electron chi connectivity index (χ4n) is 3.32. The van der Waals surface area contributed by atoms with Gasteiger partial charge in [-0.1, -0.05) is 60.5 Å². The summed E-state index contributed by atoms with van der Waals surface area (Å²) in [6, 6.07) is 11.0. The van der Waals surface area contributed by atoms with Gasteiger partial charge in [0.05, 0.1) is 19.9 Å². The van der Waals surface area contributed by atoms with E-state index in [-0.39, 0.29) is 5.56 Å². The van der Waals surface area contributed by atoms with Gasteiger partial charge in [-0.2, -0.15) is 0 Å². The van der Waals surface area contributed by atoms with E-state index in [0.29, 0.717) is 22.8 Å². The van der Waals surface area contributed by atoms with Gasteiger partial charge in [0.25, 0.3) is 5.56 Å². The van der Waals surface area contributed by atoms with Crippen molar-refractivity contribution in [3.8, 4) is 22.8 Å². The molecule has 33 heavy (non-hydrogen) atoms. The van der Waals surface area contributed by atoms with Crippen LogP contribution in [0.5, 0.6) is 11.5 Å². The van der Waals surface area contributed by atoms with E-state index < -0.39 is 0 Å². The summed E-state index contributed by atoms with van der Waals surface area (Å²) in [7, 11) is 3.18. The lowest BCUT2D eigenvalue weighted by Crippen LogP contribution is -2.14. The van der Waals surface area contributed by atoms with Crippen molar-refractivity contribution in [1.29, 1.82) is 0 Å². The van der Waals surface area contributed by atoms with Gasteiger partial charge in [-0.25, -0.2) is 4.98 Å². The summed E-state index contributed by atoms with van der Waals surface area (Å²) in [6.07, 6.45) is 8.39. The SMILES string of the molecule is CC.CC/C=C(\CCC)c1ccc2nc(-c3ccc(OC)c(OC)c3)cc(=O)n2c1.CCC. The molecule has 0 aliphatic rings. The highest BCUT2D eigenvalue weighted by Gasteiger charge is 2.10. The second-order valence-corrected chi connectivity index (χ2v) is 7.29. The molecule has 0 N–H and O–H groups in total. The van der Waals surface area contributed by atoms with Gasteiger partial charge in [0.1, 0.15) is 5.65 Å². The van der Waals surface area contributed by atoms with Crippen molar-refractivity contribution in [2.45, 2.75) is 67.2 Å². The maximum atomic E-state index is 12.8. The lowest BCUT2D eigenvalue weighted by molar-refractivity contribution is 0.355. The molecular weight excluding hydrogens is 412 g/mol. The van der Waals surface area contributed by atoms with Crippen LogP contribution in [0.3, 0.4) is 0 Å². The minimum absolute atomic E-state index is 0.107. The van der Waals surface area contributed by atoms with Crippen molar-refractivity contribution in [2.75, 3.05) is 14.2 Å². The normalized spacial score (nSPS) is 10.6. The number of hydrogen-bond donors (Lipinski definition) is 0. The number of benzene rings is 1. The monoisotopic (exact) mass is 452 g/mol. The molecule has 2 heterocycles. The Morgan fingerprint density at radius 1 is 0.970 bits per heavy atom. The Morgan fingerprint density at radius 3 is 2.21 bits per heavy atom. The summed E-state index contributed by atoms with van der Waals surface area (Å²) >= 11 is 0. The number of aromatic nitrogens is 2. The van der Waals surface area contributed by atoms with Crippen molar-refractivity contribution in [2.24, 2.45) is 0 Å². The van der Waals surface area contributed by atoms with Crippen LogP contribution in [0.4, 0.5) is 0 Å². The first kappa shape index (κ1) is 28.0. The van der Waals surface area contributed by atoms with E-state index in [2.05, 4.69) is 38.8 Å². The van der Waals surface area contributed by atoms with Gasteiger partial charge in [0.2, 0.25) is 0 Å². The summed E-state index contributed by atoms with van der Waals surface area (Å²) < 4.78 is 12.3. The number of pyridine rings is 1. The number of ether oxygens (including phenoxy) is 2.